The first kappa shape index (κ1) is 26.5. The van der Waals surface area contributed by atoms with Gasteiger partial charge >= 0.3 is 0 Å². The fourth-order valence-corrected chi connectivity index (χ4v) is 6.48. The highest BCUT2D eigenvalue weighted by Gasteiger charge is 2.40. The number of anilines is 1. The number of morpholine rings is 1. The summed E-state index contributed by atoms with van der Waals surface area (Å²) in [4.78, 5) is 30.8. The van der Waals surface area contributed by atoms with E-state index < -0.39 is 0 Å². The van der Waals surface area contributed by atoms with Gasteiger partial charge in [-0.05, 0) is 42.7 Å². The Morgan fingerprint density at radius 1 is 1.08 bits per heavy atom. The van der Waals surface area contributed by atoms with Crippen LogP contribution >= 0.6 is 11.8 Å². The predicted molar refractivity (Wildman–Crippen MR) is 152 cm³/mol. The van der Waals surface area contributed by atoms with Crippen molar-refractivity contribution in [3.8, 4) is 5.69 Å². The molecule has 5 rings (SSSR count). The third-order valence-electron chi connectivity index (χ3n) is 7.17. The molecule has 0 aliphatic carbocycles. The SMILES string of the molecule is Cc1cccc(-n2nc(C(C)(C)C)c3c2N(CC(=O)N2CCOCC2)C(=O)CSC3c2ccccc2C)c1. The van der Waals surface area contributed by atoms with Gasteiger partial charge in [-0.2, -0.15) is 5.10 Å². The molecule has 1 saturated heterocycles. The topological polar surface area (TPSA) is 67.7 Å². The number of nitrogens with zero attached hydrogens (tertiary/aromatic N) is 4. The molecule has 3 heterocycles. The Morgan fingerprint density at radius 3 is 2.50 bits per heavy atom. The molecule has 7 nitrogen and oxygen atoms in total. The minimum absolute atomic E-state index is 0.0199. The maximum atomic E-state index is 13.8. The van der Waals surface area contributed by atoms with E-state index in [0.717, 1.165) is 22.5 Å². The predicted octanol–water partition coefficient (Wildman–Crippen LogP) is 4.81. The van der Waals surface area contributed by atoms with Gasteiger partial charge in [0.2, 0.25) is 11.8 Å². The van der Waals surface area contributed by atoms with Gasteiger partial charge in [-0.1, -0.05) is 57.2 Å². The molecule has 2 aliphatic rings. The molecule has 38 heavy (non-hydrogen) atoms. The lowest BCUT2D eigenvalue weighted by Crippen LogP contribution is -2.48. The van der Waals surface area contributed by atoms with E-state index in [1.54, 1.807) is 21.6 Å². The van der Waals surface area contributed by atoms with Crippen LogP contribution < -0.4 is 4.90 Å². The minimum atomic E-state index is -0.284. The van der Waals surface area contributed by atoms with Crippen molar-refractivity contribution in [3.63, 3.8) is 0 Å². The zero-order valence-electron chi connectivity index (χ0n) is 22.9. The van der Waals surface area contributed by atoms with Crippen LogP contribution in [0.4, 0.5) is 5.82 Å². The quantitative estimate of drug-likeness (QED) is 0.482. The lowest BCUT2D eigenvalue weighted by molar-refractivity contribution is -0.134. The molecule has 0 N–H and O–H groups in total. The van der Waals surface area contributed by atoms with Crippen molar-refractivity contribution in [1.82, 2.24) is 14.7 Å². The van der Waals surface area contributed by atoms with Gasteiger partial charge in [-0.3, -0.25) is 14.5 Å². The van der Waals surface area contributed by atoms with Gasteiger partial charge < -0.3 is 9.64 Å². The molecule has 200 valence electrons. The number of ether oxygens (including phenoxy) is 1. The van der Waals surface area contributed by atoms with E-state index in [9.17, 15) is 9.59 Å². The summed E-state index contributed by atoms with van der Waals surface area (Å²) in [6, 6.07) is 16.5. The van der Waals surface area contributed by atoms with Gasteiger partial charge in [0.1, 0.15) is 12.4 Å². The molecular weight excluding hydrogens is 496 g/mol. The summed E-state index contributed by atoms with van der Waals surface area (Å²) in [6.45, 7) is 12.7. The second-order valence-corrected chi connectivity index (χ2v) is 12.2. The highest BCUT2D eigenvalue weighted by Crippen LogP contribution is 2.49. The number of hydrogen-bond acceptors (Lipinski definition) is 5. The number of hydrogen-bond donors (Lipinski definition) is 0. The van der Waals surface area contributed by atoms with E-state index in [4.69, 9.17) is 9.84 Å². The van der Waals surface area contributed by atoms with Crippen molar-refractivity contribution in [1.29, 1.82) is 0 Å². The number of carbonyl (C=O) groups is 2. The number of rotatable bonds is 4. The van der Waals surface area contributed by atoms with Crippen molar-refractivity contribution in [2.45, 2.75) is 45.3 Å². The number of aryl methyl sites for hydroxylation is 2. The van der Waals surface area contributed by atoms with E-state index in [1.165, 1.54) is 11.1 Å². The Bertz CT molecular complexity index is 1350. The standard InChI is InChI=1S/C30H36N4O3S/c1-20-9-8-11-22(17-20)34-29-26(28(31-34)30(3,4)5)27(23-12-7-6-10-21(23)2)38-19-25(36)33(29)18-24(35)32-13-15-37-16-14-32/h6-12,17,27H,13-16,18-19H2,1-5H3. The largest absolute Gasteiger partial charge is 0.378 e. The molecule has 1 aromatic heterocycles. The molecule has 1 unspecified atom stereocenters. The van der Waals surface area contributed by atoms with Gasteiger partial charge in [0.15, 0.2) is 0 Å². The van der Waals surface area contributed by atoms with Gasteiger partial charge in [-0.25, -0.2) is 4.68 Å². The highest BCUT2D eigenvalue weighted by atomic mass is 32.2. The van der Waals surface area contributed by atoms with E-state index in [2.05, 4.69) is 52.0 Å². The van der Waals surface area contributed by atoms with E-state index in [0.29, 0.717) is 32.1 Å². The normalized spacial score (nSPS) is 18.3. The Balaban J connectivity index is 1.74. The molecule has 0 radical (unpaired) electrons. The summed E-state index contributed by atoms with van der Waals surface area (Å²) < 4.78 is 7.34. The number of thioether (sulfide) groups is 1. The van der Waals surface area contributed by atoms with Crippen LogP contribution in [-0.4, -0.2) is 65.1 Å². The average Bonchev–Trinajstić information content (AvgIpc) is 3.23. The van der Waals surface area contributed by atoms with Crippen LogP contribution in [0.5, 0.6) is 0 Å². The molecule has 8 heteroatoms. The molecule has 1 fully saturated rings. The van der Waals surface area contributed by atoms with Crippen LogP contribution in [0.15, 0.2) is 48.5 Å². The lowest BCUT2D eigenvalue weighted by Gasteiger charge is -2.30. The summed E-state index contributed by atoms with van der Waals surface area (Å²) >= 11 is 1.62. The summed E-state index contributed by atoms with van der Waals surface area (Å²) in [5, 5.41) is 5.10. The molecule has 2 aromatic carbocycles. The van der Waals surface area contributed by atoms with Crippen molar-refractivity contribution >= 4 is 29.4 Å². The second kappa shape index (κ2) is 10.6. The average molecular weight is 533 g/mol. The van der Waals surface area contributed by atoms with Gasteiger partial charge in [0, 0.05) is 24.1 Å². The summed E-state index contributed by atoms with van der Waals surface area (Å²) in [7, 11) is 0. The monoisotopic (exact) mass is 532 g/mol. The van der Waals surface area contributed by atoms with Crippen molar-refractivity contribution < 1.29 is 14.3 Å². The third kappa shape index (κ3) is 5.12. The Kier molecular flexibility index (Phi) is 7.38. The fraction of sp³-hybridized carbons (Fsp3) is 0.433. The lowest BCUT2D eigenvalue weighted by atomic mass is 9.86. The third-order valence-corrected chi connectivity index (χ3v) is 8.41. The second-order valence-electron chi connectivity index (χ2n) is 11.1. The van der Waals surface area contributed by atoms with Crippen LogP contribution in [0.25, 0.3) is 5.69 Å². The number of aromatic nitrogens is 2. The number of fused-ring (bicyclic) bond motifs is 1. The number of carbonyl (C=O) groups excluding carboxylic acids is 2. The zero-order valence-corrected chi connectivity index (χ0v) is 23.7. The van der Waals surface area contributed by atoms with Crippen molar-refractivity contribution in [2.24, 2.45) is 0 Å². The summed E-state index contributed by atoms with van der Waals surface area (Å²) in [5.74, 6) is 0.830. The molecule has 1 atom stereocenters. The van der Waals surface area contributed by atoms with Crippen molar-refractivity contribution in [2.75, 3.05) is 43.5 Å². The maximum Gasteiger partial charge on any atom is 0.242 e. The van der Waals surface area contributed by atoms with Gasteiger partial charge in [0.25, 0.3) is 0 Å². The molecule has 2 amide bonds. The van der Waals surface area contributed by atoms with Gasteiger partial charge in [-0.15, -0.1) is 11.8 Å². The Labute approximate surface area is 229 Å². The Hall–Kier alpha value is -3.10. The number of amides is 2. The van der Waals surface area contributed by atoms with Crippen LogP contribution in [0.3, 0.4) is 0 Å². The molecule has 2 aliphatic heterocycles. The molecular formula is C30H36N4O3S. The minimum Gasteiger partial charge on any atom is -0.378 e. The summed E-state index contributed by atoms with van der Waals surface area (Å²) in [6.07, 6.45) is 0. The fourth-order valence-electron chi connectivity index (χ4n) is 5.19. The maximum absolute atomic E-state index is 13.8. The first-order valence-electron chi connectivity index (χ1n) is 13.2. The van der Waals surface area contributed by atoms with E-state index in [-0.39, 0.29) is 34.8 Å². The highest BCUT2D eigenvalue weighted by molar-refractivity contribution is 8.00. The van der Waals surface area contributed by atoms with Crippen LogP contribution in [-0.2, 0) is 19.7 Å². The first-order valence-corrected chi connectivity index (χ1v) is 14.2. The number of benzene rings is 2. The van der Waals surface area contributed by atoms with Gasteiger partial charge in [0.05, 0.1) is 35.6 Å². The summed E-state index contributed by atoms with van der Waals surface area (Å²) in [5.41, 5.74) is 5.99. The van der Waals surface area contributed by atoms with Crippen LogP contribution in [0, 0.1) is 13.8 Å². The van der Waals surface area contributed by atoms with Crippen LogP contribution in [0.2, 0.25) is 0 Å². The molecule has 0 spiro atoms. The Morgan fingerprint density at radius 2 is 1.82 bits per heavy atom. The van der Waals surface area contributed by atoms with E-state index in [1.807, 2.05) is 35.9 Å². The molecule has 3 aromatic rings. The van der Waals surface area contributed by atoms with E-state index >= 15 is 0 Å². The molecule has 0 saturated carbocycles. The van der Waals surface area contributed by atoms with Crippen molar-refractivity contribution in [3.05, 3.63) is 76.5 Å². The molecule has 0 bridgehead atoms. The van der Waals surface area contributed by atoms with Crippen LogP contribution in [0.1, 0.15) is 54.0 Å². The zero-order chi connectivity index (χ0) is 27.0. The smallest absolute Gasteiger partial charge is 0.242 e. The first-order chi connectivity index (χ1) is 18.1.